The summed E-state index contributed by atoms with van der Waals surface area (Å²) in [5.74, 6) is 0. The summed E-state index contributed by atoms with van der Waals surface area (Å²) in [7, 11) is 0. The lowest BCUT2D eigenvalue weighted by molar-refractivity contribution is 0.508. The van der Waals surface area contributed by atoms with Gasteiger partial charge in [0, 0.05) is 0 Å². The lowest BCUT2D eigenvalue weighted by Crippen LogP contribution is -2.44. The molecule has 0 aliphatic carbocycles. The van der Waals surface area contributed by atoms with Crippen LogP contribution in [0.2, 0.25) is 0 Å². The summed E-state index contributed by atoms with van der Waals surface area (Å²) in [4.78, 5) is 0. The van der Waals surface area contributed by atoms with Crippen LogP contribution in [0, 0.1) is 5.41 Å². The Bertz CT molecular complexity index is 115. The number of halogens is 8. The van der Waals surface area contributed by atoms with Crippen molar-refractivity contribution in [1.29, 1.82) is 0 Å². The van der Waals surface area contributed by atoms with Crippen LogP contribution < -0.4 is 0 Å². The molecule has 0 radical (unpaired) electrons. The van der Waals surface area contributed by atoms with Crippen LogP contribution in [0.3, 0.4) is 0 Å². The van der Waals surface area contributed by atoms with Crippen LogP contribution >= 0.6 is 181 Å². The molecule has 0 aliphatic rings. The van der Waals surface area contributed by atoms with E-state index in [0.29, 0.717) is 13.1 Å². The molecule has 0 aromatic rings. The molecule has 0 aliphatic heterocycles. The first-order valence-corrected chi connectivity index (χ1v) is 12.9. The first-order valence-electron chi connectivity index (χ1n) is 2.90. The van der Waals surface area contributed by atoms with E-state index in [-0.39, 0.29) is 0 Å². The normalized spacial score (nSPS) is 13.8. The lowest BCUT2D eigenvalue weighted by Gasteiger charge is -2.41. The van der Waals surface area contributed by atoms with Gasteiger partial charge in [0.1, 0.15) is 0 Å². The minimum atomic E-state index is 0.393. The standard InChI is InChI=1S/C5H4I8/c6-1(7)5(2(8)9,3(10)11)4(12)13/h1-4H. The van der Waals surface area contributed by atoms with Gasteiger partial charge in [0.25, 0.3) is 0 Å². The number of rotatable bonds is 4. The molecule has 0 aromatic heterocycles. The van der Waals surface area contributed by atoms with Gasteiger partial charge in [-0.1, -0.05) is 181 Å². The molecule has 0 saturated carbocycles. The molecule has 80 valence electrons. The highest BCUT2D eigenvalue weighted by Crippen LogP contribution is 2.56. The Hall–Kier alpha value is 5.84. The van der Waals surface area contributed by atoms with Crippen LogP contribution in [0.25, 0.3) is 0 Å². The molecule has 0 heterocycles. The van der Waals surface area contributed by atoms with Crippen molar-refractivity contribution in [2.75, 3.05) is 0 Å². The second-order valence-electron chi connectivity index (χ2n) is 2.20. The van der Waals surface area contributed by atoms with E-state index in [4.69, 9.17) is 0 Å². The van der Waals surface area contributed by atoms with Gasteiger partial charge >= 0.3 is 0 Å². The highest BCUT2D eigenvalue weighted by atomic mass is 127. The minimum Gasteiger partial charge on any atom is -0.0702 e. The first kappa shape index (κ1) is 18.8. The molecule has 0 unspecified atom stereocenters. The van der Waals surface area contributed by atoms with Crippen molar-refractivity contribution in [3.8, 4) is 0 Å². The molecule has 0 nitrogen and oxygen atoms in total. The van der Waals surface area contributed by atoms with Crippen molar-refractivity contribution < 1.29 is 0 Å². The van der Waals surface area contributed by atoms with Crippen LogP contribution in [0.4, 0.5) is 0 Å². The summed E-state index contributed by atoms with van der Waals surface area (Å²) in [6.45, 7) is 0. The van der Waals surface area contributed by atoms with Gasteiger partial charge in [-0.25, -0.2) is 0 Å². The van der Waals surface area contributed by atoms with Gasteiger partial charge in [-0.15, -0.1) is 0 Å². The first-order chi connectivity index (χ1) is 5.77. The number of hydrogen-bond donors (Lipinski definition) is 0. The van der Waals surface area contributed by atoms with Crippen LogP contribution in [-0.2, 0) is 0 Å². The fourth-order valence-electron chi connectivity index (χ4n) is 0.571. The van der Waals surface area contributed by atoms with E-state index in [0.717, 1.165) is 0 Å². The Kier molecular flexibility index (Phi) is 12.9. The van der Waals surface area contributed by atoms with Gasteiger partial charge in [-0.2, -0.15) is 0 Å². The van der Waals surface area contributed by atoms with Crippen molar-refractivity contribution >= 4 is 181 Å². The third-order valence-corrected chi connectivity index (χ3v) is 10.1. The Balaban J connectivity index is 5.06. The predicted molar refractivity (Wildman–Crippen MR) is 130 cm³/mol. The maximum Gasteiger partial charge on any atom is 0.0735 e. The van der Waals surface area contributed by atoms with E-state index in [1.54, 1.807) is 0 Å². The smallest absolute Gasteiger partial charge is 0.0702 e. The van der Waals surface area contributed by atoms with Gasteiger partial charge in [0.05, 0.1) is 13.1 Å². The molecular weight excluding hydrogens is 1080 g/mol. The zero-order chi connectivity index (χ0) is 10.8. The Morgan fingerprint density at radius 3 is 0.615 bits per heavy atom. The molecule has 0 atom stereocenters. The molecule has 0 N–H and O–H groups in total. The molecule has 0 fully saturated rings. The van der Waals surface area contributed by atoms with Gasteiger partial charge in [-0.3, -0.25) is 0 Å². The van der Waals surface area contributed by atoms with Crippen LogP contribution in [0.5, 0.6) is 0 Å². The summed E-state index contributed by atoms with van der Waals surface area (Å²) >= 11 is 20.5. The molecule has 8 heteroatoms. The second kappa shape index (κ2) is 8.90. The molecule has 0 aromatic carbocycles. The molecule has 0 saturated heterocycles. The maximum atomic E-state index is 2.56. The van der Waals surface area contributed by atoms with Crippen molar-refractivity contribution in [2.24, 2.45) is 5.41 Å². The Labute approximate surface area is 188 Å². The van der Waals surface area contributed by atoms with Gasteiger partial charge in [-0.05, 0) is 0 Å². The monoisotopic (exact) mass is 1080 g/mol. The largest absolute Gasteiger partial charge is 0.0735 e. The average molecular weight is 1080 g/mol. The highest BCUT2D eigenvalue weighted by molar-refractivity contribution is 14.2. The fourth-order valence-corrected chi connectivity index (χ4v) is 25.7. The van der Waals surface area contributed by atoms with Crippen molar-refractivity contribution in [3.63, 3.8) is 0 Å². The third kappa shape index (κ3) is 5.03. The second-order valence-corrected chi connectivity index (χ2v) is 21.7. The van der Waals surface area contributed by atoms with Crippen molar-refractivity contribution in [3.05, 3.63) is 0 Å². The van der Waals surface area contributed by atoms with Crippen LogP contribution in [0.15, 0.2) is 0 Å². The summed E-state index contributed by atoms with van der Waals surface area (Å²) in [5.41, 5.74) is 0.393. The predicted octanol–water partition coefficient (Wildman–Crippen LogP) is 6.76. The number of alkyl halides is 8. The zero-order valence-corrected chi connectivity index (χ0v) is 23.1. The van der Waals surface area contributed by atoms with Crippen LogP contribution in [-0.4, -0.2) is 7.73 Å². The summed E-state index contributed by atoms with van der Waals surface area (Å²) in [5, 5.41) is 0. The lowest BCUT2D eigenvalue weighted by atomic mass is 10.0. The highest BCUT2D eigenvalue weighted by Gasteiger charge is 2.50. The Morgan fingerprint density at radius 1 is 0.462 bits per heavy atom. The zero-order valence-electron chi connectivity index (χ0n) is 5.83. The minimum absolute atomic E-state index is 0.393. The third-order valence-electron chi connectivity index (χ3n) is 1.51. The quantitative estimate of drug-likeness (QED) is 0.216. The van der Waals surface area contributed by atoms with Crippen molar-refractivity contribution in [1.82, 2.24) is 0 Å². The van der Waals surface area contributed by atoms with E-state index in [1.165, 1.54) is 0 Å². The summed E-state index contributed by atoms with van der Waals surface area (Å²) in [6, 6.07) is 0. The van der Waals surface area contributed by atoms with E-state index < -0.39 is 0 Å². The van der Waals surface area contributed by atoms with E-state index in [1.807, 2.05) is 0 Å². The topological polar surface area (TPSA) is 0 Å². The molecule has 0 bridgehead atoms. The fraction of sp³-hybridized carbons (Fsp3) is 1.00. The Morgan fingerprint density at radius 2 is 0.615 bits per heavy atom. The van der Waals surface area contributed by atoms with Gasteiger partial charge < -0.3 is 0 Å². The van der Waals surface area contributed by atoms with E-state index in [9.17, 15) is 0 Å². The van der Waals surface area contributed by atoms with E-state index >= 15 is 0 Å². The molecule has 0 spiro atoms. The van der Waals surface area contributed by atoms with Crippen molar-refractivity contribution in [2.45, 2.75) is 7.73 Å². The molecule has 0 amide bonds. The van der Waals surface area contributed by atoms with E-state index in [2.05, 4.69) is 181 Å². The summed E-state index contributed by atoms with van der Waals surface area (Å²) < 4.78 is 2.66. The average Bonchev–Trinajstić information content (AvgIpc) is 1.82. The van der Waals surface area contributed by atoms with Gasteiger partial charge in [0.2, 0.25) is 0 Å². The molecule has 0 rings (SSSR count). The maximum absolute atomic E-state index is 2.56. The molecular formula is C5H4I8. The van der Waals surface area contributed by atoms with Gasteiger partial charge in [0.15, 0.2) is 0 Å². The van der Waals surface area contributed by atoms with Crippen LogP contribution in [0.1, 0.15) is 0 Å². The number of hydrogen-bond acceptors (Lipinski definition) is 0. The summed E-state index contributed by atoms with van der Waals surface area (Å²) in [6.07, 6.45) is 0. The molecule has 13 heavy (non-hydrogen) atoms. The SMILES string of the molecule is IC(I)C(C(I)I)(C(I)I)C(I)I.